The Morgan fingerprint density at radius 3 is 2.73 bits per heavy atom. The molecule has 0 saturated carbocycles. The van der Waals surface area contributed by atoms with Crippen LogP contribution < -0.4 is 11.1 Å². The number of anilines is 1. The molecule has 1 saturated heterocycles. The highest BCUT2D eigenvalue weighted by Gasteiger charge is 2.44. The first-order chi connectivity index (χ1) is 12.5. The summed E-state index contributed by atoms with van der Waals surface area (Å²) in [7, 11) is 0. The molecule has 0 radical (unpaired) electrons. The predicted octanol–water partition coefficient (Wildman–Crippen LogP) is 4.43. The van der Waals surface area contributed by atoms with Gasteiger partial charge in [0, 0.05) is 35.7 Å². The second kappa shape index (κ2) is 6.74. The lowest BCUT2D eigenvalue weighted by Gasteiger charge is -2.47. The summed E-state index contributed by atoms with van der Waals surface area (Å²) in [6.45, 7) is 0.391. The number of ether oxygens (including phenoxy) is 1. The van der Waals surface area contributed by atoms with E-state index in [1.54, 1.807) is 6.07 Å². The van der Waals surface area contributed by atoms with Crippen LogP contribution in [0.15, 0.2) is 42.5 Å². The molecule has 140 valence electrons. The lowest BCUT2D eigenvalue weighted by molar-refractivity contribution is -0.138. The van der Waals surface area contributed by atoms with E-state index in [4.69, 9.17) is 10.5 Å². The average molecular weight is 364 g/mol. The second-order valence-electron chi connectivity index (χ2n) is 7.34. The van der Waals surface area contributed by atoms with Crippen molar-refractivity contribution in [3.63, 3.8) is 0 Å². The number of fused-ring (bicyclic) bond motifs is 3. The minimum Gasteiger partial charge on any atom is -0.381 e. The van der Waals surface area contributed by atoms with Crippen molar-refractivity contribution in [3.05, 3.63) is 53.6 Å². The molecule has 3 N–H and O–H groups in total. The smallest absolute Gasteiger partial charge is 0.381 e. The van der Waals surface area contributed by atoms with Crippen LogP contribution in [0.2, 0.25) is 0 Å². The molecule has 0 bridgehead atoms. The van der Waals surface area contributed by atoms with E-state index in [-0.39, 0.29) is 24.2 Å². The van der Waals surface area contributed by atoms with Crippen LogP contribution >= 0.6 is 0 Å². The number of hydrogen-bond donors (Lipinski definition) is 2. The Bertz CT molecular complexity index is 728. The van der Waals surface area contributed by atoms with Crippen LogP contribution in [0.25, 0.3) is 0 Å². The van der Waals surface area contributed by atoms with Crippen LogP contribution in [-0.4, -0.2) is 18.7 Å². The highest BCUT2D eigenvalue weighted by molar-refractivity contribution is 5.58. The van der Waals surface area contributed by atoms with Gasteiger partial charge in [-0.2, -0.15) is 13.2 Å². The minimum atomic E-state index is -4.36. The van der Waals surface area contributed by atoms with E-state index in [0.29, 0.717) is 18.0 Å². The van der Waals surface area contributed by atoms with E-state index in [2.05, 4.69) is 17.5 Å². The molecule has 2 aliphatic heterocycles. The lowest BCUT2D eigenvalue weighted by atomic mass is 9.73. The van der Waals surface area contributed by atoms with Gasteiger partial charge in [0.05, 0.1) is 17.8 Å². The standard InChI is InChI=1S/C20H23F3N2O/c21-20(22,23)13-6-9-17-16(10-13)19-15(8-7-14(11-24)26-19)18(25-17)12-4-2-1-3-5-12/h1-4,6,9-10,12,14-15,18-19,25H,5,7-8,11,24H2/t12?,14-,15+,18+,19+/m1/s1. The lowest BCUT2D eigenvalue weighted by Crippen LogP contribution is -2.47. The number of benzene rings is 1. The number of halogens is 3. The van der Waals surface area contributed by atoms with Crippen molar-refractivity contribution >= 4 is 5.69 Å². The van der Waals surface area contributed by atoms with Gasteiger partial charge in [0.15, 0.2) is 0 Å². The molecule has 1 aliphatic carbocycles. The van der Waals surface area contributed by atoms with Crippen molar-refractivity contribution in [2.24, 2.45) is 17.6 Å². The van der Waals surface area contributed by atoms with Crippen molar-refractivity contribution in [1.82, 2.24) is 0 Å². The van der Waals surface area contributed by atoms with Gasteiger partial charge in [-0.25, -0.2) is 0 Å². The molecule has 0 amide bonds. The molecule has 1 aromatic rings. The first-order valence-electron chi connectivity index (χ1n) is 9.14. The van der Waals surface area contributed by atoms with Crippen LogP contribution in [0.1, 0.15) is 36.5 Å². The third kappa shape index (κ3) is 3.16. The van der Waals surface area contributed by atoms with Gasteiger partial charge in [-0.05, 0) is 37.5 Å². The summed E-state index contributed by atoms with van der Waals surface area (Å²) in [5.74, 6) is 0.441. The van der Waals surface area contributed by atoms with Gasteiger partial charge in [-0.1, -0.05) is 24.3 Å². The van der Waals surface area contributed by atoms with E-state index >= 15 is 0 Å². The van der Waals surface area contributed by atoms with Crippen molar-refractivity contribution in [2.75, 3.05) is 11.9 Å². The summed E-state index contributed by atoms with van der Waals surface area (Å²) in [5.41, 5.74) is 6.50. The maximum Gasteiger partial charge on any atom is 0.416 e. The largest absolute Gasteiger partial charge is 0.416 e. The van der Waals surface area contributed by atoms with Crippen LogP contribution in [-0.2, 0) is 10.9 Å². The molecule has 6 heteroatoms. The molecule has 0 spiro atoms. The molecule has 0 aromatic heterocycles. The van der Waals surface area contributed by atoms with E-state index in [0.717, 1.165) is 31.0 Å². The SMILES string of the molecule is NC[C@H]1CC[C@@H]2[C@H](O1)c1cc(C(F)(F)F)ccc1N[C@H]2C1C=CC=CC1. The summed E-state index contributed by atoms with van der Waals surface area (Å²) in [6.07, 6.45) is 6.24. The van der Waals surface area contributed by atoms with Gasteiger partial charge in [0.2, 0.25) is 0 Å². The van der Waals surface area contributed by atoms with Crippen molar-refractivity contribution in [3.8, 4) is 0 Å². The van der Waals surface area contributed by atoms with Crippen molar-refractivity contribution in [2.45, 2.75) is 43.7 Å². The Kier molecular flexibility index (Phi) is 4.57. The highest BCUT2D eigenvalue weighted by Crippen LogP contribution is 2.49. The van der Waals surface area contributed by atoms with Crippen LogP contribution in [0.4, 0.5) is 18.9 Å². The van der Waals surface area contributed by atoms with Crippen LogP contribution in [0, 0.1) is 11.8 Å². The normalized spacial score (nSPS) is 33.3. The van der Waals surface area contributed by atoms with Crippen molar-refractivity contribution in [1.29, 1.82) is 0 Å². The fourth-order valence-corrected chi connectivity index (χ4v) is 4.43. The Balaban J connectivity index is 1.72. The average Bonchev–Trinajstić information content (AvgIpc) is 2.66. The maximum absolute atomic E-state index is 13.2. The topological polar surface area (TPSA) is 47.3 Å². The summed E-state index contributed by atoms with van der Waals surface area (Å²) in [6, 6.07) is 4.07. The van der Waals surface area contributed by atoms with E-state index < -0.39 is 11.7 Å². The molecule has 1 unspecified atom stereocenters. The van der Waals surface area contributed by atoms with Crippen LogP contribution in [0.3, 0.4) is 0 Å². The molecule has 1 aromatic carbocycles. The van der Waals surface area contributed by atoms with Gasteiger partial charge in [0.25, 0.3) is 0 Å². The number of alkyl halides is 3. The summed E-state index contributed by atoms with van der Waals surface area (Å²) in [5, 5.41) is 3.51. The predicted molar refractivity (Wildman–Crippen MR) is 94.6 cm³/mol. The zero-order valence-electron chi connectivity index (χ0n) is 14.4. The van der Waals surface area contributed by atoms with E-state index in [9.17, 15) is 13.2 Å². The number of nitrogens with one attached hydrogen (secondary N) is 1. The first-order valence-corrected chi connectivity index (χ1v) is 9.14. The first kappa shape index (κ1) is 17.6. The molecule has 4 rings (SSSR count). The summed E-state index contributed by atoms with van der Waals surface area (Å²) >= 11 is 0. The number of hydrogen-bond acceptors (Lipinski definition) is 3. The number of allylic oxidation sites excluding steroid dienone is 3. The maximum atomic E-state index is 13.2. The van der Waals surface area contributed by atoms with E-state index in [1.165, 1.54) is 6.07 Å². The van der Waals surface area contributed by atoms with Crippen LogP contribution in [0.5, 0.6) is 0 Å². The molecule has 1 fully saturated rings. The zero-order valence-corrected chi connectivity index (χ0v) is 14.4. The highest BCUT2D eigenvalue weighted by atomic mass is 19.4. The van der Waals surface area contributed by atoms with Crippen molar-refractivity contribution < 1.29 is 17.9 Å². The molecular weight excluding hydrogens is 341 g/mol. The van der Waals surface area contributed by atoms with Gasteiger partial charge >= 0.3 is 6.18 Å². The van der Waals surface area contributed by atoms with Gasteiger partial charge in [0.1, 0.15) is 0 Å². The fourth-order valence-electron chi connectivity index (χ4n) is 4.43. The fraction of sp³-hybridized carbons (Fsp3) is 0.500. The minimum absolute atomic E-state index is 0.0980. The Labute approximate surface area is 151 Å². The monoisotopic (exact) mass is 364 g/mol. The quantitative estimate of drug-likeness (QED) is 0.816. The summed E-state index contributed by atoms with van der Waals surface area (Å²) < 4.78 is 45.8. The third-order valence-electron chi connectivity index (χ3n) is 5.76. The molecule has 3 nitrogen and oxygen atoms in total. The van der Waals surface area contributed by atoms with Gasteiger partial charge in [-0.15, -0.1) is 0 Å². The Hall–Kier alpha value is -1.79. The molecular formula is C20H23F3N2O. The van der Waals surface area contributed by atoms with Gasteiger partial charge in [-0.3, -0.25) is 0 Å². The third-order valence-corrected chi connectivity index (χ3v) is 5.76. The Morgan fingerprint density at radius 1 is 1.19 bits per heavy atom. The zero-order chi connectivity index (χ0) is 18.3. The molecule has 26 heavy (non-hydrogen) atoms. The summed E-state index contributed by atoms with van der Waals surface area (Å²) in [4.78, 5) is 0. The Morgan fingerprint density at radius 2 is 2.04 bits per heavy atom. The molecule has 3 aliphatic rings. The van der Waals surface area contributed by atoms with E-state index in [1.807, 2.05) is 12.2 Å². The number of nitrogens with two attached hydrogens (primary N) is 1. The number of rotatable bonds is 2. The molecule has 5 atom stereocenters. The molecule has 2 heterocycles. The second-order valence-corrected chi connectivity index (χ2v) is 7.34. The van der Waals surface area contributed by atoms with Gasteiger partial charge < -0.3 is 15.8 Å².